The maximum Gasteiger partial charge on any atom is 1.00 e. The molecule has 6 heteroatoms. The van der Waals surface area contributed by atoms with E-state index in [0.29, 0.717) is 0 Å². The van der Waals surface area contributed by atoms with E-state index in [2.05, 4.69) is 24.3 Å². The van der Waals surface area contributed by atoms with Gasteiger partial charge in [-0.2, -0.15) is 0 Å². The van der Waals surface area contributed by atoms with E-state index in [1.54, 1.807) is 0 Å². The van der Waals surface area contributed by atoms with Crippen LogP contribution in [-0.4, -0.2) is 5.97 Å². The zero-order valence-electron chi connectivity index (χ0n) is 12.7. The average Bonchev–Trinajstić information content (AvgIpc) is 2.48. The molecule has 0 aromatic heterocycles. The van der Waals surface area contributed by atoms with Crippen LogP contribution < -0.4 is 34.7 Å². The van der Waals surface area contributed by atoms with Crippen molar-refractivity contribution in [2.45, 2.75) is 18.4 Å². The van der Waals surface area contributed by atoms with Gasteiger partial charge in [-0.1, -0.05) is 60.7 Å². The summed E-state index contributed by atoms with van der Waals surface area (Å²) in [6.45, 7) is 0.972. The van der Waals surface area contributed by atoms with E-state index in [9.17, 15) is 0 Å². The van der Waals surface area contributed by atoms with Gasteiger partial charge in [-0.05, 0) is 18.1 Å². The predicted octanol–water partition coefficient (Wildman–Crippen LogP) is 0.460. The third-order valence-electron chi connectivity index (χ3n) is 2.23. The number of rotatable bonds is 6. The van der Waals surface area contributed by atoms with E-state index in [1.807, 2.05) is 36.4 Å². The molecule has 0 bridgehead atoms. The molecule has 3 nitrogen and oxygen atoms in total. The van der Waals surface area contributed by atoms with E-state index < -0.39 is 5.97 Å². The van der Waals surface area contributed by atoms with Gasteiger partial charge in [0.1, 0.15) is 0 Å². The number of carboxylic acids is 1. The molecule has 0 fully saturated rings. The van der Waals surface area contributed by atoms with Crippen molar-refractivity contribution >= 4 is 30.1 Å². The smallest absolute Gasteiger partial charge is 0.550 e. The van der Waals surface area contributed by atoms with E-state index in [0.717, 1.165) is 18.4 Å². The van der Waals surface area contributed by atoms with Gasteiger partial charge in [-0.25, -0.2) is 3.63 Å². The summed E-state index contributed by atoms with van der Waals surface area (Å²) in [5, 5.41) is 8.89. The van der Waals surface area contributed by atoms with Gasteiger partial charge < -0.3 is 9.90 Å². The molecular formula is C16H17NaO3S2. The van der Waals surface area contributed by atoms with Crippen molar-refractivity contribution in [2.75, 3.05) is 0 Å². The maximum absolute atomic E-state index is 8.89. The first-order valence-electron chi connectivity index (χ1n) is 6.35. The third-order valence-corrected chi connectivity index (χ3v) is 3.91. The Morgan fingerprint density at radius 3 is 1.55 bits per heavy atom. The summed E-state index contributed by atoms with van der Waals surface area (Å²) in [5.74, 6) is 0.700. The predicted molar refractivity (Wildman–Crippen MR) is 87.2 cm³/mol. The van der Waals surface area contributed by atoms with Crippen LogP contribution in [0.3, 0.4) is 0 Å². The van der Waals surface area contributed by atoms with Crippen LogP contribution in [0.25, 0.3) is 0 Å². The summed E-state index contributed by atoms with van der Waals surface area (Å²) in [4.78, 5) is 8.89. The van der Waals surface area contributed by atoms with Crippen LogP contribution in [0.5, 0.6) is 0 Å². The van der Waals surface area contributed by atoms with E-state index >= 15 is 0 Å². The molecule has 0 saturated carbocycles. The fraction of sp³-hybridized carbons (Fsp3) is 0.188. The normalized spacial score (nSPS) is 9.14. The van der Waals surface area contributed by atoms with Crippen LogP contribution in [0.4, 0.5) is 0 Å². The third kappa shape index (κ3) is 12.1. The number of carbonyl (C=O) groups is 1. The van der Waals surface area contributed by atoms with Crippen molar-refractivity contribution in [1.82, 2.24) is 0 Å². The summed E-state index contributed by atoms with van der Waals surface area (Å²) in [7, 11) is 0. The van der Waals surface area contributed by atoms with Crippen molar-refractivity contribution < 1.29 is 43.1 Å². The molecule has 0 aliphatic rings. The molecule has 0 unspecified atom stereocenters. The molecule has 0 atom stereocenters. The molecule has 0 aliphatic heterocycles. The molecule has 112 valence electrons. The quantitative estimate of drug-likeness (QED) is 0.433. The summed E-state index contributed by atoms with van der Waals surface area (Å²) >= 11 is 2.98. The van der Waals surface area contributed by atoms with Crippen LogP contribution in [0.2, 0.25) is 0 Å². The van der Waals surface area contributed by atoms with Gasteiger partial charge in [0.2, 0.25) is 0 Å². The molecule has 22 heavy (non-hydrogen) atoms. The Morgan fingerprint density at radius 2 is 1.23 bits per heavy atom. The molecular weight excluding hydrogens is 327 g/mol. The molecule has 0 N–H and O–H groups in total. The topological polar surface area (TPSA) is 49.4 Å². The van der Waals surface area contributed by atoms with Gasteiger partial charge in [0.15, 0.2) is 0 Å². The fourth-order valence-electron chi connectivity index (χ4n) is 1.37. The zero-order chi connectivity index (χ0) is 15.3. The summed E-state index contributed by atoms with van der Waals surface area (Å²) in [6, 6.07) is 20.7. The van der Waals surface area contributed by atoms with Crippen molar-refractivity contribution in [3.8, 4) is 0 Å². The van der Waals surface area contributed by atoms with Crippen LogP contribution in [0, 0.1) is 0 Å². The summed E-state index contributed by atoms with van der Waals surface area (Å²) < 4.78 is 5.47. The monoisotopic (exact) mass is 344 g/mol. The minimum atomic E-state index is -1.08. The number of hydrogen-bond acceptors (Lipinski definition) is 5. The standard InChI is InChI=1S/C14H14OS2.C2H4O2.Na/c1-3-7-13(8-4-1)11-16-15-17-12-14-9-5-2-6-10-14;1-2(3)4;/h1-10H,11-12H2;1H3,(H,3,4);/q;;+1/p-1. The Balaban J connectivity index is 0.000000791. The Bertz CT molecular complexity index is 464. The Morgan fingerprint density at radius 1 is 0.909 bits per heavy atom. The number of benzene rings is 2. The van der Waals surface area contributed by atoms with Gasteiger partial charge in [0.05, 0.1) is 0 Å². The van der Waals surface area contributed by atoms with Crippen molar-refractivity contribution in [2.24, 2.45) is 0 Å². The molecule has 2 aromatic rings. The first-order chi connectivity index (χ1) is 10.2. The average molecular weight is 344 g/mol. The Hall–Kier alpha value is -0.430. The molecule has 2 rings (SSSR count). The van der Waals surface area contributed by atoms with Gasteiger partial charge in [0, 0.05) is 41.6 Å². The minimum Gasteiger partial charge on any atom is -0.550 e. The Labute approximate surface area is 162 Å². The van der Waals surface area contributed by atoms with Crippen molar-refractivity contribution in [3.63, 3.8) is 0 Å². The summed E-state index contributed by atoms with van der Waals surface area (Å²) in [5.41, 5.74) is 2.58. The van der Waals surface area contributed by atoms with E-state index in [-0.39, 0.29) is 29.6 Å². The second kappa shape index (κ2) is 14.2. The van der Waals surface area contributed by atoms with Crippen LogP contribution in [-0.2, 0) is 19.9 Å². The second-order valence-electron chi connectivity index (χ2n) is 4.06. The van der Waals surface area contributed by atoms with Crippen LogP contribution >= 0.6 is 24.1 Å². The summed E-state index contributed by atoms with van der Waals surface area (Å²) in [6.07, 6.45) is 0. The molecule has 0 amide bonds. The molecule has 0 aliphatic carbocycles. The van der Waals surface area contributed by atoms with Crippen molar-refractivity contribution in [1.29, 1.82) is 0 Å². The van der Waals surface area contributed by atoms with Gasteiger partial charge >= 0.3 is 29.6 Å². The molecule has 2 aromatic carbocycles. The molecule has 0 spiro atoms. The molecule has 0 radical (unpaired) electrons. The maximum atomic E-state index is 8.89. The van der Waals surface area contributed by atoms with Crippen molar-refractivity contribution in [3.05, 3.63) is 71.8 Å². The van der Waals surface area contributed by atoms with E-state index in [1.165, 1.54) is 35.2 Å². The first-order valence-corrected chi connectivity index (χ1v) is 8.17. The fourth-order valence-corrected chi connectivity index (χ4v) is 2.68. The second-order valence-corrected chi connectivity index (χ2v) is 5.65. The van der Waals surface area contributed by atoms with E-state index in [4.69, 9.17) is 13.5 Å². The van der Waals surface area contributed by atoms with Gasteiger partial charge in [-0.3, -0.25) is 0 Å². The van der Waals surface area contributed by atoms with Gasteiger partial charge in [-0.15, -0.1) is 0 Å². The number of carboxylic acid groups (broad SMARTS) is 1. The Kier molecular flexibility index (Phi) is 13.9. The number of carbonyl (C=O) groups excluding carboxylic acids is 1. The van der Waals surface area contributed by atoms with Crippen LogP contribution in [0.1, 0.15) is 18.1 Å². The molecule has 0 heterocycles. The largest absolute Gasteiger partial charge is 1.00 e. The number of aliphatic carboxylic acids is 1. The van der Waals surface area contributed by atoms with Gasteiger partial charge in [0.25, 0.3) is 0 Å². The SMILES string of the molecule is CC(=O)[O-].[Na+].c1ccc(CSOSCc2ccccc2)cc1. The number of hydrogen-bond donors (Lipinski definition) is 0. The zero-order valence-corrected chi connectivity index (χ0v) is 16.4. The van der Waals surface area contributed by atoms with Crippen LogP contribution in [0.15, 0.2) is 60.7 Å². The first kappa shape index (κ1) is 21.6. The molecule has 0 saturated heterocycles. The minimum absolute atomic E-state index is 0.